The Morgan fingerprint density at radius 3 is 2.34 bits per heavy atom. The van der Waals surface area contributed by atoms with Gasteiger partial charge in [0.25, 0.3) is 0 Å². The average molecular weight is 741 g/mol. The number of fused-ring (bicyclic) bond motifs is 1. The van der Waals surface area contributed by atoms with Gasteiger partial charge in [-0.1, -0.05) is 25.0 Å². The number of aliphatic hydroxyl groups excluding tert-OH is 2. The van der Waals surface area contributed by atoms with Gasteiger partial charge in [0.1, 0.15) is 47.8 Å². The molecule has 3 unspecified atom stereocenters. The number of anilines is 1. The van der Waals surface area contributed by atoms with Crippen molar-refractivity contribution in [2.45, 2.75) is 108 Å². The molecule has 5 N–H and O–H groups in total. The Balaban J connectivity index is 1.57. The highest BCUT2D eigenvalue weighted by atomic mass is 16.6. The van der Waals surface area contributed by atoms with Gasteiger partial charge in [-0.05, 0) is 58.2 Å². The number of rotatable bonds is 17. The number of amides is 3. The molecule has 1 fully saturated rings. The molecule has 2 aromatic heterocycles. The topological polar surface area (TPSA) is 219 Å². The second-order valence-corrected chi connectivity index (χ2v) is 14.3. The third-order valence-corrected chi connectivity index (χ3v) is 8.66. The number of nitrogens with zero attached hydrogens (tertiary/aromatic N) is 5. The average Bonchev–Trinajstić information content (AvgIpc) is 3.66. The summed E-state index contributed by atoms with van der Waals surface area (Å²) < 4.78 is 18.2. The molecule has 53 heavy (non-hydrogen) atoms. The monoisotopic (exact) mass is 740 g/mol. The number of ketones is 1. The van der Waals surface area contributed by atoms with Gasteiger partial charge in [-0.25, -0.2) is 19.7 Å². The molecule has 17 heteroatoms. The van der Waals surface area contributed by atoms with Crippen molar-refractivity contribution >= 4 is 40.7 Å². The van der Waals surface area contributed by atoms with Gasteiger partial charge in [-0.2, -0.15) is 0 Å². The number of Topliss-reactive ketones (excluding diaryl/α,β-unsaturated/α-hetero) is 1. The van der Waals surface area contributed by atoms with Crippen molar-refractivity contribution in [3.05, 3.63) is 42.5 Å². The molecule has 1 aromatic carbocycles. The number of carbonyl (C=O) groups excluding carboxylic acids is 4. The van der Waals surface area contributed by atoms with Crippen molar-refractivity contribution in [2.75, 3.05) is 32.7 Å². The van der Waals surface area contributed by atoms with E-state index in [0.717, 1.165) is 0 Å². The van der Waals surface area contributed by atoms with Crippen LogP contribution < -0.4 is 25.6 Å². The SMILES string of the molecule is COc1ccc(CC(NC(=O)C(CCCCCC(C)=O)NC(=O)OC(C)(C)C)C(=O)N[C@@H]2C(O)[C@H](n3cnc4c(N(C)C)ncnc43)O[C@@H]2CO)cc1. The Bertz CT molecular complexity index is 1710. The van der Waals surface area contributed by atoms with Crippen molar-refractivity contribution < 1.29 is 43.6 Å². The number of imidazole rings is 1. The Hall–Kier alpha value is -4.87. The molecule has 3 aromatic rings. The van der Waals surface area contributed by atoms with Crippen LogP contribution in [-0.4, -0.2) is 117 Å². The van der Waals surface area contributed by atoms with Crippen LogP contribution in [0.2, 0.25) is 0 Å². The molecule has 1 aliphatic heterocycles. The summed E-state index contributed by atoms with van der Waals surface area (Å²) in [5.74, 6) is -0.0687. The van der Waals surface area contributed by atoms with Crippen LogP contribution >= 0.6 is 0 Å². The fourth-order valence-electron chi connectivity index (χ4n) is 6.02. The van der Waals surface area contributed by atoms with Gasteiger partial charge < -0.3 is 50.1 Å². The maximum atomic E-state index is 14.1. The number of alkyl carbamates (subject to hydrolysis) is 1. The highest BCUT2D eigenvalue weighted by Crippen LogP contribution is 2.32. The second-order valence-electron chi connectivity index (χ2n) is 14.3. The van der Waals surface area contributed by atoms with Crippen LogP contribution in [0.3, 0.4) is 0 Å². The number of methoxy groups -OCH3 is 1. The Morgan fingerprint density at radius 2 is 1.72 bits per heavy atom. The zero-order valence-electron chi connectivity index (χ0n) is 31.4. The van der Waals surface area contributed by atoms with Crippen LogP contribution in [0.25, 0.3) is 11.2 Å². The van der Waals surface area contributed by atoms with Crippen LogP contribution in [0.1, 0.15) is 71.6 Å². The zero-order chi connectivity index (χ0) is 38.9. The lowest BCUT2D eigenvalue weighted by Crippen LogP contribution is -2.58. The van der Waals surface area contributed by atoms with Crippen LogP contribution in [0.15, 0.2) is 36.9 Å². The van der Waals surface area contributed by atoms with Gasteiger partial charge in [0.2, 0.25) is 11.8 Å². The van der Waals surface area contributed by atoms with Crippen molar-refractivity contribution in [3.63, 3.8) is 0 Å². The third kappa shape index (κ3) is 11.1. The molecule has 0 bridgehead atoms. The van der Waals surface area contributed by atoms with E-state index in [2.05, 4.69) is 30.9 Å². The number of hydrogen-bond acceptors (Lipinski definition) is 13. The molecule has 1 saturated heterocycles. The highest BCUT2D eigenvalue weighted by Gasteiger charge is 2.46. The molecular weight excluding hydrogens is 688 g/mol. The molecule has 3 amide bonds. The number of aliphatic hydroxyl groups is 2. The first kappa shape index (κ1) is 40.9. The fraction of sp³-hybridized carbons (Fsp3) is 0.583. The van der Waals surface area contributed by atoms with E-state index in [4.69, 9.17) is 14.2 Å². The largest absolute Gasteiger partial charge is 0.497 e. The normalized spacial score (nSPS) is 19.6. The molecule has 4 rings (SSSR count). The first-order valence-electron chi connectivity index (χ1n) is 17.6. The number of benzene rings is 1. The molecule has 290 valence electrons. The molecule has 0 saturated carbocycles. The van der Waals surface area contributed by atoms with Crippen LogP contribution in [0.5, 0.6) is 5.75 Å². The fourth-order valence-corrected chi connectivity index (χ4v) is 6.02. The van der Waals surface area contributed by atoms with Gasteiger partial charge >= 0.3 is 6.09 Å². The molecule has 0 aliphatic carbocycles. The lowest BCUT2D eigenvalue weighted by atomic mass is 10.0. The Morgan fingerprint density at radius 1 is 1.00 bits per heavy atom. The number of unbranched alkanes of at least 4 members (excludes halogenated alkanes) is 2. The first-order valence-corrected chi connectivity index (χ1v) is 17.6. The predicted octanol–water partition coefficient (Wildman–Crippen LogP) is 1.80. The van der Waals surface area contributed by atoms with E-state index in [0.29, 0.717) is 54.0 Å². The highest BCUT2D eigenvalue weighted by molar-refractivity contribution is 5.91. The van der Waals surface area contributed by atoms with Crippen molar-refractivity contribution in [1.82, 2.24) is 35.5 Å². The number of nitrogens with one attached hydrogen (secondary N) is 3. The lowest BCUT2D eigenvalue weighted by molar-refractivity contribution is -0.131. The maximum Gasteiger partial charge on any atom is 0.408 e. The second kappa shape index (κ2) is 18.3. The number of aromatic nitrogens is 4. The minimum Gasteiger partial charge on any atom is -0.497 e. The van der Waals surface area contributed by atoms with Crippen LogP contribution in [0.4, 0.5) is 10.6 Å². The lowest BCUT2D eigenvalue weighted by Gasteiger charge is -2.27. The predicted molar refractivity (Wildman–Crippen MR) is 194 cm³/mol. The van der Waals surface area contributed by atoms with Crippen molar-refractivity contribution in [1.29, 1.82) is 0 Å². The standard InChI is InChI=1S/C36H52N8O9/c1-21(46)11-9-8-10-12-24(41-35(50)53-36(2,3)4)32(48)40-25(17-22-13-15-23(51-7)16-14-22)33(49)42-27-26(18-45)52-34(29(27)47)44-20-39-28-30(43(5)6)37-19-38-31(28)44/h13-16,19-20,24-27,29,34,45,47H,8-12,17-18H2,1-7H3,(H,40,48)(H,41,50)(H,42,49)/t24?,25?,26-,27+,29?,34-/m1/s1. The summed E-state index contributed by atoms with van der Waals surface area (Å²) in [5.41, 5.74) is 0.718. The van der Waals surface area contributed by atoms with Crippen LogP contribution in [-0.2, 0) is 30.3 Å². The summed E-state index contributed by atoms with van der Waals surface area (Å²) in [6, 6.07) is 3.61. The maximum absolute atomic E-state index is 14.1. The third-order valence-electron chi connectivity index (χ3n) is 8.66. The number of hydrogen-bond donors (Lipinski definition) is 5. The van der Waals surface area contributed by atoms with E-state index in [1.807, 2.05) is 14.1 Å². The van der Waals surface area contributed by atoms with Gasteiger partial charge in [0, 0.05) is 26.9 Å². The Labute approximate surface area is 308 Å². The molecule has 0 spiro atoms. The van der Waals surface area contributed by atoms with Crippen molar-refractivity contribution in [2.24, 2.45) is 0 Å². The van der Waals surface area contributed by atoms with E-state index < -0.39 is 66.7 Å². The van der Waals surface area contributed by atoms with E-state index >= 15 is 0 Å². The van der Waals surface area contributed by atoms with Gasteiger partial charge in [-0.3, -0.25) is 14.2 Å². The summed E-state index contributed by atoms with van der Waals surface area (Å²) in [5, 5.41) is 30.0. The van der Waals surface area contributed by atoms with E-state index in [-0.39, 0.29) is 18.6 Å². The summed E-state index contributed by atoms with van der Waals surface area (Å²) in [6.07, 6.45) is 1.02. The summed E-state index contributed by atoms with van der Waals surface area (Å²) in [6.45, 7) is 6.09. The van der Waals surface area contributed by atoms with E-state index in [1.54, 1.807) is 49.9 Å². The molecular formula is C36H52N8O9. The van der Waals surface area contributed by atoms with Gasteiger partial charge in [-0.15, -0.1) is 0 Å². The molecule has 17 nitrogen and oxygen atoms in total. The smallest absolute Gasteiger partial charge is 0.408 e. The zero-order valence-corrected chi connectivity index (χ0v) is 31.4. The van der Waals surface area contributed by atoms with Crippen molar-refractivity contribution in [3.8, 4) is 5.75 Å². The summed E-state index contributed by atoms with van der Waals surface area (Å²) in [4.78, 5) is 67.0. The summed E-state index contributed by atoms with van der Waals surface area (Å²) >= 11 is 0. The van der Waals surface area contributed by atoms with Gasteiger partial charge in [0.05, 0.1) is 26.1 Å². The molecule has 3 heterocycles. The van der Waals surface area contributed by atoms with E-state index in [1.165, 1.54) is 31.3 Å². The number of ether oxygens (including phenoxy) is 3. The Kier molecular flexibility index (Phi) is 14.1. The minimum absolute atomic E-state index is 0.0343. The molecule has 1 aliphatic rings. The number of carbonyl (C=O) groups is 4. The minimum atomic E-state index is -1.36. The summed E-state index contributed by atoms with van der Waals surface area (Å²) in [7, 11) is 5.15. The van der Waals surface area contributed by atoms with E-state index in [9.17, 15) is 29.4 Å². The molecule has 6 atom stereocenters. The first-order chi connectivity index (χ1) is 25.1. The van der Waals surface area contributed by atoms with Crippen LogP contribution in [0, 0.1) is 0 Å². The molecule has 0 radical (unpaired) electrons. The van der Waals surface area contributed by atoms with Gasteiger partial charge in [0.15, 0.2) is 23.2 Å². The quantitative estimate of drug-likeness (QED) is 0.125.